The van der Waals surface area contributed by atoms with Crippen LogP contribution in [-0.4, -0.2) is 53.7 Å². The molecule has 1 aliphatic carbocycles. The number of nitrogens with one attached hydrogen (secondary N) is 1. The van der Waals surface area contributed by atoms with Crippen LogP contribution < -0.4 is 5.32 Å². The Morgan fingerprint density at radius 3 is 2.27 bits per heavy atom. The van der Waals surface area contributed by atoms with Crippen LogP contribution in [0, 0.1) is 0 Å². The molecule has 2 aromatic carbocycles. The molecule has 0 spiro atoms. The number of carbonyl (C=O) groups excluding carboxylic acids is 2. The van der Waals surface area contributed by atoms with Gasteiger partial charge in [0.05, 0.1) is 0 Å². The molecule has 2 N–H and O–H groups in total. The summed E-state index contributed by atoms with van der Waals surface area (Å²) in [5.41, 5.74) is 4.96. The lowest BCUT2D eigenvalue weighted by atomic mass is 9.98. The third-order valence-electron chi connectivity index (χ3n) is 6.42. The maximum atomic E-state index is 12.6. The van der Waals surface area contributed by atoms with Gasteiger partial charge in [-0.3, -0.25) is 4.79 Å². The molecule has 0 aromatic heterocycles. The monoisotopic (exact) mass is 448 g/mol. The van der Waals surface area contributed by atoms with Gasteiger partial charge < -0.3 is 20.1 Å². The fourth-order valence-electron chi connectivity index (χ4n) is 4.53. The first-order valence-corrected chi connectivity index (χ1v) is 11.3. The van der Waals surface area contributed by atoms with Gasteiger partial charge in [-0.25, -0.2) is 9.59 Å². The van der Waals surface area contributed by atoms with E-state index in [9.17, 15) is 14.4 Å². The average Bonchev–Trinajstić information content (AvgIpc) is 3.16. The van der Waals surface area contributed by atoms with Crippen LogP contribution in [0.15, 0.2) is 60.2 Å². The highest BCUT2D eigenvalue weighted by Crippen LogP contribution is 2.44. The Hall–Kier alpha value is -3.61. The van der Waals surface area contributed by atoms with Crippen LogP contribution in [0.4, 0.5) is 4.79 Å². The van der Waals surface area contributed by atoms with Gasteiger partial charge in [0.1, 0.15) is 6.61 Å². The van der Waals surface area contributed by atoms with Crippen molar-refractivity contribution in [1.29, 1.82) is 0 Å². The molecular formula is C26H28N2O5. The summed E-state index contributed by atoms with van der Waals surface area (Å²) in [6.07, 6.45) is 2.10. The average molecular weight is 449 g/mol. The van der Waals surface area contributed by atoms with Gasteiger partial charge in [0.2, 0.25) is 5.91 Å². The fraction of sp³-hybridized carbons (Fsp3) is 0.346. The molecule has 1 unspecified atom stereocenters. The molecule has 2 aliphatic rings. The highest BCUT2D eigenvalue weighted by Gasteiger charge is 2.29. The minimum atomic E-state index is -0.939. The van der Waals surface area contributed by atoms with Gasteiger partial charge in [-0.15, -0.1) is 0 Å². The van der Waals surface area contributed by atoms with Gasteiger partial charge in [0.25, 0.3) is 0 Å². The van der Waals surface area contributed by atoms with Crippen LogP contribution in [0.2, 0.25) is 0 Å². The molecule has 1 atom stereocenters. The minimum absolute atomic E-state index is 0.0200. The number of carboxylic acid groups (broad SMARTS) is 1. The van der Waals surface area contributed by atoms with E-state index in [2.05, 4.69) is 29.6 Å². The van der Waals surface area contributed by atoms with Gasteiger partial charge in [0, 0.05) is 37.0 Å². The number of carboxylic acids is 1. The third kappa shape index (κ3) is 4.92. The standard InChI is InChI=1S/C26H28N2O5/c1-2-18(15-24(29)28-13-11-17(12-14-28)25(30)31)27-26(32)33-16-23-21-9-5-3-7-19(21)20-8-4-6-10-22(20)23/h3-11,18,23H,2,12-16H2,1H3,(H,27,32)(H,30,31). The summed E-state index contributed by atoms with van der Waals surface area (Å²) in [6, 6.07) is 16.0. The molecule has 33 heavy (non-hydrogen) atoms. The Kier molecular flexibility index (Phi) is 6.77. The van der Waals surface area contributed by atoms with Crippen molar-refractivity contribution in [2.75, 3.05) is 19.7 Å². The Bertz CT molecular complexity index is 1050. The van der Waals surface area contributed by atoms with E-state index in [4.69, 9.17) is 9.84 Å². The summed E-state index contributed by atoms with van der Waals surface area (Å²) in [5.74, 6) is -1.07. The molecular weight excluding hydrogens is 420 g/mol. The lowest BCUT2D eigenvalue weighted by Gasteiger charge is -2.27. The normalized spacial score (nSPS) is 15.8. The van der Waals surface area contributed by atoms with E-state index in [0.717, 1.165) is 11.1 Å². The number of fused-ring (bicyclic) bond motifs is 3. The topological polar surface area (TPSA) is 95.9 Å². The highest BCUT2D eigenvalue weighted by molar-refractivity contribution is 5.87. The molecule has 2 aromatic rings. The fourth-order valence-corrected chi connectivity index (χ4v) is 4.53. The summed E-state index contributed by atoms with van der Waals surface area (Å²) >= 11 is 0. The third-order valence-corrected chi connectivity index (χ3v) is 6.42. The Morgan fingerprint density at radius 1 is 1.09 bits per heavy atom. The van der Waals surface area contributed by atoms with Crippen LogP contribution in [0.1, 0.15) is 43.2 Å². The molecule has 1 aliphatic heterocycles. The van der Waals surface area contributed by atoms with Gasteiger partial charge in [-0.1, -0.05) is 61.5 Å². The molecule has 7 nitrogen and oxygen atoms in total. The predicted octanol–water partition coefficient (Wildman–Crippen LogP) is 3.94. The molecule has 1 heterocycles. The second-order valence-electron chi connectivity index (χ2n) is 8.40. The Morgan fingerprint density at radius 2 is 1.73 bits per heavy atom. The van der Waals surface area contributed by atoms with Gasteiger partial charge in [-0.2, -0.15) is 0 Å². The first-order valence-electron chi connectivity index (χ1n) is 11.3. The Labute approximate surface area is 193 Å². The molecule has 0 saturated heterocycles. The van der Waals surface area contributed by atoms with Crippen LogP contribution in [0.25, 0.3) is 11.1 Å². The number of rotatable bonds is 7. The number of ether oxygens (including phenoxy) is 1. The smallest absolute Gasteiger partial charge is 0.407 e. The van der Waals surface area contributed by atoms with E-state index in [1.165, 1.54) is 11.1 Å². The zero-order chi connectivity index (χ0) is 23.4. The van der Waals surface area contributed by atoms with Crippen LogP contribution in [0.5, 0.6) is 0 Å². The first kappa shape index (κ1) is 22.6. The van der Waals surface area contributed by atoms with Crippen molar-refractivity contribution in [3.05, 3.63) is 71.3 Å². The zero-order valence-electron chi connectivity index (χ0n) is 18.6. The Balaban J connectivity index is 1.32. The van der Waals surface area contributed by atoms with Crippen molar-refractivity contribution in [2.24, 2.45) is 0 Å². The second kappa shape index (κ2) is 9.90. The van der Waals surface area contributed by atoms with E-state index in [1.54, 1.807) is 11.0 Å². The summed E-state index contributed by atoms with van der Waals surface area (Å²) in [4.78, 5) is 37.8. The molecule has 2 amide bonds. The molecule has 172 valence electrons. The number of nitrogens with zero attached hydrogens (tertiary/aromatic N) is 1. The molecule has 0 bridgehead atoms. The van der Waals surface area contributed by atoms with Crippen molar-refractivity contribution < 1.29 is 24.2 Å². The quantitative estimate of drug-likeness (QED) is 0.669. The maximum Gasteiger partial charge on any atom is 0.407 e. The van der Waals surface area contributed by atoms with Gasteiger partial charge in [-0.05, 0) is 35.1 Å². The molecule has 7 heteroatoms. The lowest BCUT2D eigenvalue weighted by Crippen LogP contribution is -2.42. The van der Waals surface area contributed by atoms with Crippen LogP contribution >= 0.6 is 0 Å². The SMILES string of the molecule is CCC(CC(=O)N1CC=C(C(=O)O)CC1)NC(=O)OCC1c2ccccc2-c2ccccc21. The van der Waals surface area contributed by atoms with Crippen molar-refractivity contribution in [1.82, 2.24) is 10.2 Å². The van der Waals surface area contributed by atoms with Crippen LogP contribution in [0.3, 0.4) is 0 Å². The van der Waals surface area contributed by atoms with E-state index >= 15 is 0 Å². The number of carbonyl (C=O) groups is 3. The second-order valence-corrected chi connectivity index (χ2v) is 8.40. The molecule has 0 saturated carbocycles. The zero-order valence-corrected chi connectivity index (χ0v) is 18.6. The summed E-state index contributed by atoms with van der Waals surface area (Å²) in [6.45, 7) is 2.78. The minimum Gasteiger partial charge on any atom is -0.478 e. The van der Waals surface area contributed by atoms with E-state index < -0.39 is 12.1 Å². The summed E-state index contributed by atoms with van der Waals surface area (Å²) < 4.78 is 5.59. The number of amides is 2. The lowest BCUT2D eigenvalue weighted by molar-refractivity contribution is -0.135. The van der Waals surface area contributed by atoms with E-state index in [0.29, 0.717) is 25.0 Å². The first-order chi connectivity index (χ1) is 16.0. The highest BCUT2D eigenvalue weighted by atomic mass is 16.5. The number of alkyl carbamates (subject to hydrolysis) is 1. The largest absolute Gasteiger partial charge is 0.478 e. The molecule has 0 fully saturated rings. The van der Waals surface area contributed by atoms with E-state index in [1.807, 2.05) is 31.2 Å². The summed E-state index contributed by atoms with van der Waals surface area (Å²) in [5, 5.41) is 11.9. The van der Waals surface area contributed by atoms with E-state index in [-0.39, 0.29) is 37.4 Å². The van der Waals surface area contributed by atoms with Crippen molar-refractivity contribution in [3.63, 3.8) is 0 Å². The van der Waals surface area contributed by atoms with Gasteiger partial charge in [0.15, 0.2) is 0 Å². The number of aliphatic carboxylic acids is 1. The van der Waals surface area contributed by atoms with Crippen molar-refractivity contribution in [2.45, 2.75) is 38.1 Å². The van der Waals surface area contributed by atoms with Crippen molar-refractivity contribution in [3.8, 4) is 11.1 Å². The number of hydrogen-bond acceptors (Lipinski definition) is 4. The predicted molar refractivity (Wildman–Crippen MR) is 124 cm³/mol. The molecule has 0 radical (unpaired) electrons. The van der Waals surface area contributed by atoms with Crippen molar-refractivity contribution >= 4 is 18.0 Å². The van der Waals surface area contributed by atoms with Crippen LogP contribution in [-0.2, 0) is 14.3 Å². The van der Waals surface area contributed by atoms with Gasteiger partial charge >= 0.3 is 12.1 Å². The molecule has 4 rings (SSSR count). The summed E-state index contributed by atoms with van der Waals surface area (Å²) in [7, 11) is 0. The number of hydrogen-bond donors (Lipinski definition) is 2. The number of benzene rings is 2. The maximum absolute atomic E-state index is 12.6.